The normalized spacial score (nSPS) is 15.0. The van der Waals surface area contributed by atoms with E-state index in [1.54, 1.807) is 0 Å². The van der Waals surface area contributed by atoms with Crippen molar-refractivity contribution >= 4 is 16.9 Å². The predicted octanol–water partition coefficient (Wildman–Crippen LogP) is 4.83. The largest absolute Gasteiger partial charge is 0.291 e. The van der Waals surface area contributed by atoms with Gasteiger partial charge in [-0.15, -0.1) is 5.73 Å². The lowest BCUT2D eigenvalue weighted by atomic mass is 9.78. The van der Waals surface area contributed by atoms with E-state index in [2.05, 4.69) is 37.4 Å². The lowest BCUT2D eigenvalue weighted by Crippen LogP contribution is -2.19. The molecule has 0 amide bonds. The summed E-state index contributed by atoms with van der Waals surface area (Å²) in [4.78, 5) is 6.93. The van der Waals surface area contributed by atoms with Crippen molar-refractivity contribution in [1.29, 1.82) is 5.26 Å². The minimum Gasteiger partial charge on any atom is -0.291 e. The lowest BCUT2D eigenvalue weighted by molar-refractivity contribution is 0.424. The van der Waals surface area contributed by atoms with Crippen LogP contribution in [-0.2, 0) is 0 Å². The molecule has 3 nitrogen and oxygen atoms in total. The van der Waals surface area contributed by atoms with Crippen molar-refractivity contribution in [2.75, 3.05) is 20.8 Å². The highest BCUT2D eigenvalue weighted by atomic mass is 15.1. The quantitative estimate of drug-likeness (QED) is 0.741. The van der Waals surface area contributed by atoms with Gasteiger partial charge >= 0.3 is 0 Å². The highest BCUT2D eigenvalue weighted by molar-refractivity contribution is 6.28. The van der Waals surface area contributed by atoms with Crippen LogP contribution in [0.4, 0.5) is 0 Å². The van der Waals surface area contributed by atoms with E-state index in [1.165, 1.54) is 0 Å². The second kappa shape index (κ2) is 7.60. The first-order valence-corrected chi connectivity index (χ1v) is 8.89. The number of benzene rings is 2. The van der Waals surface area contributed by atoms with Gasteiger partial charge in [-0.3, -0.25) is 9.89 Å². The van der Waals surface area contributed by atoms with E-state index >= 15 is 0 Å². The Labute approximate surface area is 161 Å². The fourth-order valence-corrected chi connectivity index (χ4v) is 3.50. The Hall–Kier alpha value is -3.18. The van der Waals surface area contributed by atoms with Crippen molar-refractivity contribution in [1.82, 2.24) is 4.90 Å². The number of hydrogen-bond donors (Lipinski definition) is 0. The molecule has 0 heterocycles. The molecule has 0 saturated heterocycles. The smallest absolute Gasteiger partial charge is 0.0991 e. The van der Waals surface area contributed by atoms with Crippen LogP contribution in [0.1, 0.15) is 34.7 Å². The topological polar surface area (TPSA) is 39.4 Å². The van der Waals surface area contributed by atoms with Crippen LogP contribution in [0, 0.1) is 18.3 Å². The van der Waals surface area contributed by atoms with Crippen molar-refractivity contribution < 1.29 is 0 Å². The second-order valence-corrected chi connectivity index (χ2v) is 6.97. The molecule has 0 radical (unpaired) electrons. The van der Waals surface area contributed by atoms with Gasteiger partial charge < -0.3 is 0 Å². The SMILES string of the molecule is C=C=C1C(c2ccc(C#N)cc2C)=C(C)/C(=N\CN(C)C)c2ccccc21. The third kappa shape index (κ3) is 3.41. The summed E-state index contributed by atoms with van der Waals surface area (Å²) in [5.41, 5.74) is 12.3. The summed E-state index contributed by atoms with van der Waals surface area (Å²) in [5.74, 6) is 0. The van der Waals surface area contributed by atoms with Crippen molar-refractivity contribution in [3.05, 3.63) is 88.2 Å². The molecule has 0 aliphatic heterocycles. The maximum absolute atomic E-state index is 9.19. The Bertz CT molecular complexity index is 1060. The standard InChI is InChI=1S/C24H23N3/c1-6-19-21-9-7-8-10-22(21)24(26-15-27(4)5)17(3)23(19)20-12-11-18(14-25)13-16(20)2/h7-13H,1,15H2,2-5H3/b26-24+. The van der Waals surface area contributed by atoms with Crippen molar-refractivity contribution in [3.63, 3.8) is 0 Å². The summed E-state index contributed by atoms with van der Waals surface area (Å²) in [5, 5.41) is 9.19. The molecule has 3 rings (SSSR count). The summed E-state index contributed by atoms with van der Waals surface area (Å²) in [6.07, 6.45) is 0. The Morgan fingerprint density at radius 1 is 1.04 bits per heavy atom. The van der Waals surface area contributed by atoms with E-state index in [9.17, 15) is 5.26 Å². The van der Waals surface area contributed by atoms with E-state index in [4.69, 9.17) is 4.99 Å². The zero-order chi connectivity index (χ0) is 19.6. The van der Waals surface area contributed by atoms with Crippen molar-refractivity contribution in [2.45, 2.75) is 13.8 Å². The maximum atomic E-state index is 9.19. The molecule has 134 valence electrons. The lowest BCUT2D eigenvalue weighted by Gasteiger charge is -2.26. The molecule has 0 spiro atoms. The van der Waals surface area contributed by atoms with Gasteiger partial charge in [-0.25, -0.2) is 0 Å². The minimum atomic E-state index is 0.619. The first kappa shape index (κ1) is 18.6. The van der Waals surface area contributed by atoms with Gasteiger partial charge in [0.05, 0.1) is 24.0 Å². The summed E-state index contributed by atoms with van der Waals surface area (Å²) >= 11 is 0. The number of nitrogens with zero attached hydrogens (tertiary/aromatic N) is 3. The average molecular weight is 353 g/mol. The monoisotopic (exact) mass is 353 g/mol. The molecule has 0 aromatic heterocycles. The first-order valence-electron chi connectivity index (χ1n) is 8.89. The Morgan fingerprint density at radius 2 is 1.74 bits per heavy atom. The number of allylic oxidation sites excluding steroid dienone is 3. The van der Waals surface area contributed by atoms with Crippen LogP contribution in [0.5, 0.6) is 0 Å². The van der Waals surface area contributed by atoms with E-state index < -0.39 is 0 Å². The Balaban J connectivity index is 2.31. The number of aliphatic imine (C=N–C) groups is 1. The van der Waals surface area contributed by atoms with Crippen LogP contribution in [0.15, 0.2) is 65.3 Å². The van der Waals surface area contributed by atoms with Crippen LogP contribution >= 0.6 is 0 Å². The molecule has 0 saturated carbocycles. The van der Waals surface area contributed by atoms with E-state index in [0.29, 0.717) is 12.2 Å². The van der Waals surface area contributed by atoms with Gasteiger partial charge in [-0.2, -0.15) is 5.26 Å². The van der Waals surface area contributed by atoms with Gasteiger partial charge in [0.1, 0.15) is 0 Å². The zero-order valence-corrected chi connectivity index (χ0v) is 16.3. The fraction of sp³-hybridized carbons (Fsp3) is 0.208. The van der Waals surface area contributed by atoms with Crippen molar-refractivity contribution in [2.24, 2.45) is 4.99 Å². The highest BCUT2D eigenvalue weighted by Gasteiger charge is 2.27. The highest BCUT2D eigenvalue weighted by Crippen LogP contribution is 2.41. The predicted molar refractivity (Wildman–Crippen MR) is 113 cm³/mol. The summed E-state index contributed by atoms with van der Waals surface area (Å²) in [6, 6.07) is 16.3. The molecule has 2 aromatic rings. The molecule has 27 heavy (non-hydrogen) atoms. The number of fused-ring (bicyclic) bond motifs is 1. The number of nitriles is 1. The molecule has 3 heteroatoms. The molecule has 1 aliphatic rings. The first-order chi connectivity index (χ1) is 13.0. The van der Waals surface area contributed by atoms with Gasteiger partial charge in [-0.1, -0.05) is 36.9 Å². The fourth-order valence-electron chi connectivity index (χ4n) is 3.50. The van der Waals surface area contributed by atoms with Gasteiger partial charge in [0.25, 0.3) is 0 Å². The summed E-state index contributed by atoms with van der Waals surface area (Å²) in [7, 11) is 4.02. The van der Waals surface area contributed by atoms with Crippen molar-refractivity contribution in [3.8, 4) is 6.07 Å². The molecule has 0 atom stereocenters. The minimum absolute atomic E-state index is 0.619. The van der Waals surface area contributed by atoms with E-state index in [-0.39, 0.29) is 0 Å². The van der Waals surface area contributed by atoms with Gasteiger partial charge in [0.2, 0.25) is 0 Å². The zero-order valence-electron chi connectivity index (χ0n) is 16.3. The average Bonchev–Trinajstić information content (AvgIpc) is 2.66. The van der Waals surface area contributed by atoms with E-state index in [0.717, 1.165) is 44.7 Å². The molecular weight excluding hydrogens is 330 g/mol. The second-order valence-electron chi connectivity index (χ2n) is 6.97. The van der Waals surface area contributed by atoms with Gasteiger partial charge in [-0.05, 0) is 62.3 Å². The molecular formula is C24H23N3. The summed E-state index contributed by atoms with van der Waals surface area (Å²) < 4.78 is 0. The maximum Gasteiger partial charge on any atom is 0.0991 e. The Kier molecular flexibility index (Phi) is 5.23. The number of aryl methyl sites for hydroxylation is 1. The molecule has 0 bridgehead atoms. The molecule has 2 aromatic carbocycles. The molecule has 0 unspecified atom stereocenters. The third-order valence-electron chi connectivity index (χ3n) is 4.75. The van der Waals surface area contributed by atoms with Crippen LogP contribution in [0.2, 0.25) is 0 Å². The van der Waals surface area contributed by atoms with Gasteiger partial charge in [0, 0.05) is 16.7 Å². The van der Waals surface area contributed by atoms with Crippen LogP contribution in [0.3, 0.4) is 0 Å². The molecule has 1 aliphatic carbocycles. The summed E-state index contributed by atoms with van der Waals surface area (Å²) in [6.45, 7) is 8.72. The van der Waals surface area contributed by atoms with Crippen LogP contribution in [-0.4, -0.2) is 31.4 Å². The van der Waals surface area contributed by atoms with Crippen LogP contribution in [0.25, 0.3) is 11.1 Å². The molecule has 0 N–H and O–H groups in total. The third-order valence-corrected chi connectivity index (χ3v) is 4.75. The van der Waals surface area contributed by atoms with E-state index in [1.807, 2.05) is 56.3 Å². The number of hydrogen-bond acceptors (Lipinski definition) is 3. The number of rotatable bonds is 3. The van der Waals surface area contributed by atoms with Gasteiger partial charge in [0.15, 0.2) is 0 Å². The Morgan fingerprint density at radius 3 is 2.33 bits per heavy atom. The molecule has 0 fully saturated rings. The van der Waals surface area contributed by atoms with Crippen LogP contribution < -0.4 is 0 Å².